The third kappa shape index (κ3) is 3.91. The van der Waals surface area contributed by atoms with Crippen LogP contribution >= 0.6 is 0 Å². The number of benzene rings is 3. The first kappa shape index (κ1) is 21.4. The molecule has 1 N–H and O–H groups in total. The van der Waals surface area contributed by atoms with Crippen LogP contribution in [0.4, 0.5) is 5.69 Å². The van der Waals surface area contributed by atoms with Crippen LogP contribution in [0.3, 0.4) is 0 Å². The van der Waals surface area contributed by atoms with Gasteiger partial charge < -0.3 is 14.8 Å². The van der Waals surface area contributed by atoms with Gasteiger partial charge in [-0.1, -0.05) is 48.5 Å². The highest BCUT2D eigenvalue weighted by Crippen LogP contribution is 2.38. The molecule has 1 aliphatic heterocycles. The van der Waals surface area contributed by atoms with Crippen LogP contribution in [0.5, 0.6) is 11.5 Å². The number of carbonyl (C=O) groups is 2. The second-order valence-corrected chi connectivity index (χ2v) is 7.99. The molecule has 2 amide bonds. The highest BCUT2D eigenvalue weighted by atomic mass is 16.5. The molecule has 1 heterocycles. The van der Waals surface area contributed by atoms with Gasteiger partial charge in [0.2, 0.25) is 5.91 Å². The van der Waals surface area contributed by atoms with Gasteiger partial charge in [-0.2, -0.15) is 0 Å². The minimum absolute atomic E-state index is 0.231. The molecule has 1 atom stereocenters. The maximum Gasteiger partial charge on any atom is 0.259 e. The monoisotopic (exact) mass is 430 g/mol. The summed E-state index contributed by atoms with van der Waals surface area (Å²) in [4.78, 5) is 28.8. The molecule has 1 aliphatic rings. The van der Waals surface area contributed by atoms with Crippen molar-refractivity contribution < 1.29 is 19.1 Å². The van der Waals surface area contributed by atoms with Crippen molar-refractivity contribution in [3.8, 4) is 11.5 Å². The number of nitrogens with one attached hydrogen (secondary N) is 1. The van der Waals surface area contributed by atoms with E-state index >= 15 is 0 Å². The van der Waals surface area contributed by atoms with E-state index in [4.69, 9.17) is 9.47 Å². The predicted molar refractivity (Wildman–Crippen MR) is 123 cm³/mol. The highest BCUT2D eigenvalue weighted by Gasteiger charge is 2.47. The smallest absolute Gasteiger partial charge is 0.259 e. The van der Waals surface area contributed by atoms with E-state index in [1.54, 1.807) is 50.3 Å². The van der Waals surface area contributed by atoms with Gasteiger partial charge in [-0.25, -0.2) is 0 Å². The van der Waals surface area contributed by atoms with Gasteiger partial charge in [0.15, 0.2) is 0 Å². The Morgan fingerprint density at radius 3 is 2.25 bits per heavy atom. The number of ether oxygens (including phenoxy) is 2. The second-order valence-electron chi connectivity index (χ2n) is 7.99. The Labute approximate surface area is 187 Å². The molecule has 0 radical (unpaired) electrons. The van der Waals surface area contributed by atoms with Gasteiger partial charge in [0.25, 0.3) is 5.91 Å². The molecule has 0 spiro atoms. The van der Waals surface area contributed by atoms with Gasteiger partial charge in [-0.3, -0.25) is 14.5 Å². The number of hydrogen-bond acceptors (Lipinski definition) is 4. The summed E-state index contributed by atoms with van der Waals surface area (Å²) in [6.07, 6.45) is 0.384. The molecule has 0 saturated carbocycles. The molecule has 0 saturated heterocycles. The van der Waals surface area contributed by atoms with Gasteiger partial charge in [-0.15, -0.1) is 0 Å². The van der Waals surface area contributed by atoms with E-state index in [1.165, 1.54) is 0 Å². The molecule has 32 heavy (non-hydrogen) atoms. The van der Waals surface area contributed by atoms with Crippen molar-refractivity contribution in [1.29, 1.82) is 0 Å². The first-order valence-corrected chi connectivity index (χ1v) is 10.4. The molecule has 3 aromatic rings. The number of methoxy groups -OCH3 is 2. The summed E-state index contributed by atoms with van der Waals surface area (Å²) < 4.78 is 10.8. The van der Waals surface area contributed by atoms with Crippen LogP contribution in [0.15, 0.2) is 72.8 Å². The topological polar surface area (TPSA) is 67.9 Å². The number of hydrogen-bond donors (Lipinski definition) is 1. The van der Waals surface area contributed by atoms with Crippen LogP contribution in [0.2, 0.25) is 0 Å². The number of anilines is 1. The summed E-state index contributed by atoms with van der Waals surface area (Å²) in [7, 11) is 3.11. The number of amides is 2. The van der Waals surface area contributed by atoms with Crippen molar-refractivity contribution in [1.82, 2.24) is 5.32 Å². The molecule has 0 bridgehead atoms. The minimum atomic E-state index is -1.14. The van der Waals surface area contributed by atoms with Crippen LogP contribution in [0.1, 0.15) is 28.4 Å². The van der Waals surface area contributed by atoms with Crippen molar-refractivity contribution in [2.75, 3.05) is 19.1 Å². The Balaban J connectivity index is 1.77. The lowest BCUT2D eigenvalue weighted by molar-refractivity contribution is -0.126. The van der Waals surface area contributed by atoms with Crippen LogP contribution in [-0.2, 0) is 17.8 Å². The third-order valence-electron chi connectivity index (χ3n) is 5.86. The molecule has 6 heteroatoms. The highest BCUT2D eigenvalue weighted by molar-refractivity contribution is 6.14. The average molecular weight is 431 g/mol. The van der Waals surface area contributed by atoms with E-state index < -0.39 is 5.54 Å². The van der Waals surface area contributed by atoms with Crippen molar-refractivity contribution in [3.05, 3.63) is 89.5 Å². The summed E-state index contributed by atoms with van der Waals surface area (Å²) in [6, 6.07) is 22.3. The molecular formula is C26H26N2O4. The quantitative estimate of drug-likeness (QED) is 0.642. The largest absolute Gasteiger partial charge is 0.497 e. The Hall–Kier alpha value is -3.80. The van der Waals surface area contributed by atoms with Gasteiger partial charge in [0.05, 0.1) is 19.9 Å². The van der Waals surface area contributed by atoms with Crippen LogP contribution < -0.4 is 19.7 Å². The average Bonchev–Trinajstić information content (AvgIpc) is 2.82. The van der Waals surface area contributed by atoms with E-state index in [1.807, 2.05) is 48.5 Å². The van der Waals surface area contributed by atoms with Crippen molar-refractivity contribution >= 4 is 17.5 Å². The molecule has 0 aliphatic carbocycles. The van der Waals surface area contributed by atoms with Crippen molar-refractivity contribution in [2.24, 2.45) is 0 Å². The fraction of sp³-hybridized carbons (Fsp3) is 0.231. The second kappa shape index (κ2) is 8.75. The zero-order chi connectivity index (χ0) is 22.7. The number of fused-ring (bicyclic) bond motifs is 1. The maximum absolute atomic E-state index is 13.7. The number of nitrogens with zero attached hydrogens (tertiary/aromatic N) is 1. The third-order valence-corrected chi connectivity index (χ3v) is 5.86. The summed E-state index contributed by atoms with van der Waals surface area (Å²) in [6.45, 7) is 2.17. The lowest BCUT2D eigenvalue weighted by Gasteiger charge is -2.44. The van der Waals surface area contributed by atoms with Gasteiger partial charge in [-0.05, 0) is 24.1 Å². The van der Waals surface area contributed by atoms with Gasteiger partial charge >= 0.3 is 0 Å². The Bertz CT molecular complexity index is 1120. The Kier molecular flexibility index (Phi) is 5.86. The Morgan fingerprint density at radius 2 is 1.59 bits per heavy atom. The molecular weight excluding hydrogens is 404 g/mol. The normalized spacial score (nSPS) is 17.5. The summed E-state index contributed by atoms with van der Waals surface area (Å²) in [5.41, 5.74) is 1.82. The number of carbonyl (C=O) groups excluding carboxylic acids is 2. The minimum Gasteiger partial charge on any atom is -0.497 e. The first-order valence-electron chi connectivity index (χ1n) is 10.4. The zero-order valence-corrected chi connectivity index (χ0v) is 18.4. The van der Waals surface area contributed by atoms with Crippen LogP contribution in [0.25, 0.3) is 0 Å². The maximum atomic E-state index is 13.7. The van der Waals surface area contributed by atoms with E-state index in [9.17, 15) is 9.59 Å². The van der Waals surface area contributed by atoms with E-state index in [2.05, 4.69) is 5.32 Å². The molecule has 6 nitrogen and oxygen atoms in total. The lowest BCUT2D eigenvalue weighted by atomic mass is 9.82. The van der Waals surface area contributed by atoms with Crippen molar-refractivity contribution in [3.63, 3.8) is 0 Å². The van der Waals surface area contributed by atoms with Gasteiger partial charge in [0, 0.05) is 36.7 Å². The van der Waals surface area contributed by atoms with Gasteiger partial charge in [0.1, 0.15) is 17.0 Å². The predicted octanol–water partition coefficient (Wildman–Crippen LogP) is 3.98. The first-order chi connectivity index (χ1) is 15.5. The van der Waals surface area contributed by atoms with E-state index in [0.29, 0.717) is 35.7 Å². The van der Waals surface area contributed by atoms with Crippen LogP contribution in [-0.4, -0.2) is 31.6 Å². The summed E-state index contributed by atoms with van der Waals surface area (Å²) in [5.74, 6) is 0.613. The van der Waals surface area contributed by atoms with E-state index in [-0.39, 0.29) is 11.8 Å². The number of rotatable bonds is 6. The lowest BCUT2D eigenvalue weighted by Crippen LogP contribution is -2.63. The van der Waals surface area contributed by atoms with Crippen LogP contribution in [0, 0.1) is 0 Å². The van der Waals surface area contributed by atoms with Crippen molar-refractivity contribution in [2.45, 2.75) is 25.4 Å². The standard InChI is InChI=1S/C26H26N2O4/c1-26(25(30)27-17-18-9-5-4-6-10-18)16-19-11-7-8-12-23(19)24(29)28(26)20-13-21(31-2)15-22(14-20)32-3/h4-15H,16-17H2,1-3H3,(H,27,30)/t26-/m0/s1. The summed E-state index contributed by atoms with van der Waals surface area (Å²) in [5, 5.41) is 3.02. The zero-order valence-electron chi connectivity index (χ0n) is 18.4. The fourth-order valence-electron chi connectivity index (χ4n) is 4.15. The molecule has 0 unspecified atom stereocenters. The fourth-order valence-corrected chi connectivity index (χ4v) is 4.15. The molecule has 0 fully saturated rings. The SMILES string of the molecule is COc1cc(OC)cc(N2C(=O)c3ccccc3C[C@@]2(C)C(=O)NCc2ccccc2)c1. The molecule has 4 rings (SSSR count). The Morgan fingerprint density at radius 1 is 0.969 bits per heavy atom. The molecule has 3 aromatic carbocycles. The molecule has 164 valence electrons. The van der Waals surface area contributed by atoms with E-state index in [0.717, 1.165) is 11.1 Å². The molecule has 0 aromatic heterocycles. The summed E-state index contributed by atoms with van der Waals surface area (Å²) >= 11 is 0.